The molecule has 1 saturated carbocycles. The summed E-state index contributed by atoms with van der Waals surface area (Å²) in [6.07, 6.45) is -2.84. The van der Waals surface area contributed by atoms with Gasteiger partial charge in [0.15, 0.2) is 9.84 Å². The smallest absolute Gasteiger partial charge is 0.353 e. The molecule has 1 aliphatic rings. The summed E-state index contributed by atoms with van der Waals surface area (Å²) < 4.78 is 67.4. The summed E-state index contributed by atoms with van der Waals surface area (Å²) in [7, 11) is -1.62. The van der Waals surface area contributed by atoms with Crippen LogP contribution in [0.4, 0.5) is 13.2 Å². The Morgan fingerprint density at radius 2 is 1.76 bits per heavy atom. The number of imidazole rings is 1. The third-order valence-corrected chi connectivity index (χ3v) is 10.3. The summed E-state index contributed by atoms with van der Waals surface area (Å²) in [5.41, 5.74) is 0.0361. The Labute approximate surface area is 246 Å². The van der Waals surface area contributed by atoms with E-state index in [1.54, 1.807) is 12.1 Å². The number of hydrogen-bond donors (Lipinski definition) is 2. The molecule has 42 heavy (non-hydrogen) atoms. The molecule has 2 N–H and O–H groups in total. The van der Waals surface area contributed by atoms with Crippen molar-refractivity contribution in [2.45, 2.75) is 94.9 Å². The number of sulfone groups is 1. The summed E-state index contributed by atoms with van der Waals surface area (Å²) in [5.74, 6) is -0.751. The minimum atomic E-state index is -4.57. The van der Waals surface area contributed by atoms with Crippen LogP contribution in [0.5, 0.6) is 0 Å². The summed E-state index contributed by atoms with van der Waals surface area (Å²) in [6, 6.07) is 10.8. The number of hydrogen-bond acceptors (Lipinski definition) is 5. The Balaban J connectivity index is 1.53. The lowest BCUT2D eigenvalue weighted by Crippen LogP contribution is -2.51. The molecule has 7 nitrogen and oxygen atoms in total. The lowest BCUT2D eigenvalue weighted by atomic mass is 9.81. The molecule has 1 aliphatic carbocycles. The fraction of sp³-hybridized carbons (Fsp3) is 0.548. The maximum Gasteiger partial charge on any atom is 0.418 e. The van der Waals surface area contributed by atoms with E-state index >= 15 is 0 Å². The number of alkyl halides is 3. The van der Waals surface area contributed by atoms with Gasteiger partial charge >= 0.3 is 6.18 Å². The van der Waals surface area contributed by atoms with E-state index < -0.39 is 33.5 Å². The van der Waals surface area contributed by atoms with Gasteiger partial charge in [-0.25, -0.2) is 13.4 Å². The van der Waals surface area contributed by atoms with Crippen molar-refractivity contribution in [2.75, 3.05) is 12.8 Å². The minimum Gasteiger partial charge on any atom is -0.353 e. The van der Waals surface area contributed by atoms with Crippen molar-refractivity contribution >= 4 is 26.8 Å². The largest absolute Gasteiger partial charge is 0.418 e. The van der Waals surface area contributed by atoms with E-state index in [9.17, 15) is 26.4 Å². The number of carbonyl (C=O) groups excluding carboxylic acids is 1. The Kier molecular flexibility index (Phi) is 9.14. The van der Waals surface area contributed by atoms with Crippen LogP contribution in [0.3, 0.4) is 0 Å². The number of carbonyl (C=O) groups is 1. The molecule has 1 amide bonds. The van der Waals surface area contributed by atoms with Crippen LogP contribution in [0.15, 0.2) is 47.4 Å². The van der Waals surface area contributed by atoms with E-state index in [1.165, 1.54) is 12.1 Å². The number of amides is 1. The maximum absolute atomic E-state index is 13.6. The fourth-order valence-corrected chi connectivity index (χ4v) is 7.43. The first-order valence-electron chi connectivity index (χ1n) is 14.3. The second kappa shape index (κ2) is 12.0. The number of H-pyrrole nitrogens is 1. The van der Waals surface area contributed by atoms with Gasteiger partial charge in [0.1, 0.15) is 11.3 Å². The van der Waals surface area contributed by atoms with Crippen LogP contribution in [-0.2, 0) is 32.6 Å². The van der Waals surface area contributed by atoms with Gasteiger partial charge in [0.05, 0.1) is 28.1 Å². The van der Waals surface area contributed by atoms with Crippen molar-refractivity contribution in [3.8, 4) is 0 Å². The van der Waals surface area contributed by atoms with E-state index in [1.807, 2.05) is 19.2 Å². The number of aromatic amines is 1. The second-order valence-corrected chi connectivity index (χ2v) is 14.8. The zero-order valence-corrected chi connectivity index (χ0v) is 25.9. The number of para-hydroxylation sites is 1. The molecule has 0 aliphatic heterocycles. The third kappa shape index (κ3) is 7.34. The molecule has 1 heterocycles. The van der Waals surface area contributed by atoms with Crippen molar-refractivity contribution in [1.29, 1.82) is 0 Å². The topological polar surface area (TPSA) is 95.2 Å². The minimum absolute atomic E-state index is 0.107. The van der Waals surface area contributed by atoms with Crippen molar-refractivity contribution in [3.63, 3.8) is 0 Å². The predicted molar refractivity (Wildman–Crippen MR) is 158 cm³/mol. The van der Waals surface area contributed by atoms with E-state index in [-0.39, 0.29) is 57.3 Å². The lowest BCUT2D eigenvalue weighted by Gasteiger charge is -2.41. The zero-order valence-electron chi connectivity index (χ0n) is 25.0. The molecule has 4 rings (SSSR count). The van der Waals surface area contributed by atoms with Crippen LogP contribution in [-0.4, -0.2) is 60.1 Å². The monoisotopic (exact) mass is 606 g/mol. The van der Waals surface area contributed by atoms with Crippen LogP contribution in [0, 0.1) is 5.92 Å². The molecular weight excluding hydrogens is 565 g/mol. The molecule has 1 aromatic heterocycles. The molecule has 230 valence electrons. The summed E-state index contributed by atoms with van der Waals surface area (Å²) >= 11 is 0. The molecule has 0 unspecified atom stereocenters. The first-order valence-corrected chi connectivity index (χ1v) is 16.0. The second-order valence-electron chi connectivity index (χ2n) is 12.8. The van der Waals surface area contributed by atoms with Gasteiger partial charge in [-0.15, -0.1) is 0 Å². The van der Waals surface area contributed by atoms with Gasteiger partial charge in [-0.1, -0.05) is 39.0 Å². The first kappa shape index (κ1) is 32.0. The fourth-order valence-electron chi connectivity index (χ4n) is 5.75. The maximum atomic E-state index is 13.6. The van der Waals surface area contributed by atoms with E-state index in [0.29, 0.717) is 12.8 Å². The Morgan fingerprint density at radius 3 is 2.36 bits per heavy atom. The molecule has 1 fully saturated rings. The number of nitrogens with one attached hydrogen (secondary N) is 2. The van der Waals surface area contributed by atoms with E-state index in [4.69, 9.17) is 0 Å². The third-order valence-electron chi connectivity index (χ3n) is 8.40. The van der Waals surface area contributed by atoms with Crippen LogP contribution < -0.4 is 5.32 Å². The van der Waals surface area contributed by atoms with Crippen molar-refractivity contribution in [1.82, 2.24) is 20.2 Å². The van der Waals surface area contributed by atoms with Gasteiger partial charge in [0.25, 0.3) is 0 Å². The molecule has 0 spiro atoms. The van der Waals surface area contributed by atoms with Crippen molar-refractivity contribution in [3.05, 3.63) is 59.4 Å². The zero-order chi connectivity index (χ0) is 31.0. The van der Waals surface area contributed by atoms with Crippen LogP contribution in [0.1, 0.15) is 70.8 Å². The van der Waals surface area contributed by atoms with E-state index in [2.05, 4.69) is 54.8 Å². The first-order chi connectivity index (χ1) is 19.5. The highest BCUT2D eigenvalue weighted by atomic mass is 32.2. The van der Waals surface area contributed by atoms with Gasteiger partial charge in [0.2, 0.25) is 5.91 Å². The molecule has 3 atom stereocenters. The number of fused-ring (bicyclic) bond motifs is 1. The number of halogens is 3. The number of rotatable bonds is 8. The van der Waals surface area contributed by atoms with Crippen LogP contribution >= 0.6 is 0 Å². The SMILES string of the molecule is CC(C)N(C)[C@@H]1CC[C@H](NC(=O)Cc2nc3c(C(F)(F)F)cccc3[nH]2)[C@H](CS(=O)(=O)c2ccc(C(C)(C)C)cc2)C1. The number of aromatic nitrogens is 2. The van der Waals surface area contributed by atoms with Gasteiger partial charge in [-0.2, -0.15) is 13.2 Å². The molecule has 0 radical (unpaired) electrons. The Hall–Kier alpha value is -2.92. The standard InChI is InChI=1S/C31H41F3N4O3S/c1-19(2)38(6)22-12-15-25(20(16-22)18-42(40,41)23-13-10-21(11-14-23)30(3,4)5)36-28(39)17-27-35-26-9-7-8-24(29(26)37-27)31(32,33)34/h7-11,13-14,19-20,22,25H,12,15-18H2,1-6H3,(H,35,37)(H,36,39)/t20-,22+,25-/m0/s1. The van der Waals surface area contributed by atoms with E-state index in [0.717, 1.165) is 18.1 Å². The average molecular weight is 607 g/mol. The van der Waals surface area contributed by atoms with Crippen molar-refractivity contribution < 1.29 is 26.4 Å². The normalized spacial score (nSPS) is 20.4. The highest BCUT2D eigenvalue weighted by molar-refractivity contribution is 7.91. The summed E-state index contributed by atoms with van der Waals surface area (Å²) in [5, 5.41) is 2.99. The van der Waals surface area contributed by atoms with Gasteiger partial charge in [-0.3, -0.25) is 4.79 Å². The highest BCUT2D eigenvalue weighted by Crippen LogP contribution is 2.34. The number of nitrogens with zero attached hydrogens (tertiary/aromatic N) is 2. The van der Waals surface area contributed by atoms with Crippen molar-refractivity contribution in [2.24, 2.45) is 5.92 Å². The number of benzene rings is 2. The highest BCUT2D eigenvalue weighted by Gasteiger charge is 2.37. The van der Waals surface area contributed by atoms with Gasteiger partial charge in [-0.05, 0) is 81.3 Å². The molecule has 3 aromatic rings. The van der Waals surface area contributed by atoms with Crippen LogP contribution in [0.2, 0.25) is 0 Å². The Bertz CT molecular complexity index is 1510. The Morgan fingerprint density at radius 1 is 1.10 bits per heavy atom. The van der Waals surface area contributed by atoms with Gasteiger partial charge in [0, 0.05) is 18.1 Å². The van der Waals surface area contributed by atoms with Crippen LogP contribution in [0.25, 0.3) is 11.0 Å². The lowest BCUT2D eigenvalue weighted by molar-refractivity contribution is -0.136. The molecule has 0 saturated heterocycles. The average Bonchev–Trinajstić information content (AvgIpc) is 3.30. The predicted octanol–water partition coefficient (Wildman–Crippen LogP) is 5.89. The summed E-state index contributed by atoms with van der Waals surface area (Å²) in [6.45, 7) is 10.4. The summed E-state index contributed by atoms with van der Waals surface area (Å²) in [4.78, 5) is 22.5. The molecule has 2 aromatic carbocycles. The molecule has 11 heteroatoms. The van der Waals surface area contributed by atoms with Gasteiger partial charge < -0.3 is 15.2 Å². The molecular formula is C31H41F3N4O3S. The molecule has 0 bridgehead atoms. The quantitative estimate of drug-likeness (QED) is 0.334.